The Balaban J connectivity index is 4.32. The van der Waals surface area contributed by atoms with Gasteiger partial charge in [-0.25, -0.2) is 0 Å². The van der Waals surface area contributed by atoms with Crippen LogP contribution in [0.15, 0.2) is 0 Å². The topological polar surface area (TPSA) is 94.9 Å². The summed E-state index contributed by atoms with van der Waals surface area (Å²) in [7, 11) is -4.21. The Morgan fingerprint density at radius 3 is 1.71 bits per heavy atom. The molecular weight excluding hydrogens is 209 g/mol. The molecule has 0 radical (unpaired) electrons. The second-order valence-corrected chi connectivity index (χ2v) is 4.81. The monoisotopic (exact) mass is 223 g/mol. The van der Waals surface area contributed by atoms with Crippen molar-refractivity contribution in [3.05, 3.63) is 0 Å². The highest BCUT2D eigenvalue weighted by atomic mass is 31.2. The van der Waals surface area contributed by atoms with Crippen molar-refractivity contribution in [2.45, 2.75) is 13.8 Å². The van der Waals surface area contributed by atoms with Crippen molar-refractivity contribution in [3.8, 4) is 0 Å². The van der Waals surface area contributed by atoms with Gasteiger partial charge in [-0.05, 0) is 13.8 Å². The van der Waals surface area contributed by atoms with Gasteiger partial charge in [0, 0.05) is 0 Å². The summed E-state index contributed by atoms with van der Waals surface area (Å²) in [5.74, 6) is -0.473. The summed E-state index contributed by atoms with van der Waals surface area (Å²) in [5, 5.41) is 0. The van der Waals surface area contributed by atoms with Crippen molar-refractivity contribution in [3.63, 3.8) is 0 Å². The van der Waals surface area contributed by atoms with Crippen LogP contribution in [-0.4, -0.2) is 45.6 Å². The van der Waals surface area contributed by atoms with E-state index in [-0.39, 0.29) is 24.7 Å². The molecule has 0 saturated heterocycles. The van der Waals surface area contributed by atoms with Crippen molar-refractivity contribution in [2.24, 2.45) is 0 Å². The van der Waals surface area contributed by atoms with Crippen LogP contribution in [0.3, 0.4) is 0 Å². The van der Waals surface area contributed by atoms with E-state index in [1.54, 1.807) is 0 Å². The molecular formula is C7H14NO5P. The summed E-state index contributed by atoms with van der Waals surface area (Å²) in [6.07, 6.45) is -0.563. The van der Waals surface area contributed by atoms with Crippen LogP contribution in [0.25, 0.3) is 0 Å². The quantitative estimate of drug-likeness (QED) is 0.595. The van der Waals surface area contributed by atoms with Gasteiger partial charge in [-0.1, -0.05) is 0 Å². The Morgan fingerprint density at radius 2 is 1.50 bits per heavy atom. The SMILES string of the molecule is CC(=O)CN(CC(C)=O)CP(=O)(O)O. The Kier molecular flexibility index (Phi) is 5.15. The maximum absolute atomic E-state index is 10.7. The molecule has 0 bridgehead atoms. The maximum atomic E-state index is 10.7. The number of rotatable bonds is 6. The first-order valence-electron chi connectivity index (χ1n) is 3.96. The Bertz CT molecular complexity index is 255. The highest BCUT2D eigenvalue weighted by molar-refractivity contribution is 7.51. The van der Waals surface area contributed by atoms with Gasteiger partial charge < -0.3 is 9.79 Å². The van der Waals surface area contributed by atoms with Crippen molar-refractivity contribution in [1.29, 1.82) is 0 Å². The first-order chi connectivity index (χ1) is 6.20. The number of Topliss-reactive ketones (excluding diaryl/α,β-unsaturated/α-hetero) is 2. The number of nitrogens with zero attached hydrogens (tertiary/aromatic N) is 1. The zero-order valence-corrected chi connectivity index (χ0v) is 9.03. The summed E-state index contributed by atoms with van der Waals surface area (Å²) >= 11 is 0. The van der Waals surface area contributed by atoms with E-state index in [9.17, 15) is 14.2 Å². The third-order valence-corrected chi connectivity index (χ3v) is 2.05. The number of carbonyl (C=O) groups excluding carboxylic acids is 2. The second-order valence-electron chi connectivity index (χ2n) is 3.20. The van der Waals surface area contributed by atoms with Crippen LogP contribution in [0.2, 0.25) is 0 Å². The van der Waals surface area contributed by atoms with Gasteiger partial charge in [-0.15, -0.1) is 0 Å². The third-order valence-electron chi connectivity index (χ3n) is 1.28. The predicted octanol–water partition coefficient (Wildman–Crippen LogP) is -0.398. The predicted molar refractivity (Wildman–Crippen MR) is 49.8 cm³/mol. The minimum atomic E-state index is -4.21. The van der Waals surface area contributed by atoms with E-state index in [1.807, 2.05) is 0 Å². The van der Waals surface area contributed by atoms with Gasteiger partial charge in [0.1, 0.15) is 17.9 Å². The van der Waals surface area contributed by atoms with Gasteiger partial charge in [0.05, 0.1) is 13.1 Å². The molecule has 0 heterocycles. The summed E-state index contributed by atoms with van der Waals surface area (Å²) in [4.78, 5) is 39.9. The molecule has 0 aromatic carbocycles. The van der Waals surface area contributed by atoms with Gasteiger partial charge >= 0.3 is 7.60 Å². The lowest BCUT2D eigenvalue weighted by atomic mass is 10.3. The fraction of sp³-hybridized carbons (Fsp3) is 0.714. The molecule has 0 fully saturated rings. The fourth-order valence-corrected chi connectivity index (χ4v) is 1.77. The average Bonchev–Trinajstić information content (AvgIpc) is 1.77. The van der Waals surface area contributed by atoms with Gasteiger partial charge in [-0.2, -0.15) is 0 Å². The molecule has 6 nitrogen and oxygen atoms in total. The fourth-order valence-electron chi connectivity index (χ4n) is 1.05. The van der Waals surface area contributed by atoms with Crippen molar-refractivity contribution >= 4 is 19.2 Å². The van der Waals surface area contributed by atoms with Crippen LogP contribution in [-0.2, 0) is 14.2 Å². The molecule has 0 spiro atoms. The molecule has 0 atom stereocenters. The molecule has 0 aliphatic rings. The number of hydrogen-bond acceptors (Lipinski definition) is 4. The molecule has 82 valence electrons. The van der Waals surface area contributed by atoms with Crippen molar-refractivity contribution in [1.82, 2.24) is 4.90 Å². The van der Waals surface area contributed by atoms with E-state index in [4.69, 9.17) is 9.79 Å². The number of carbonyl (C=O) groups is 2. The van der Waals surface area contributed by atoms with Gasteiger partial charge in [0.15, 0.2) is 0 Å². The molecule has 14 heavy (non-hydrogen) atoms. The number of hydrogen-bond donors (Lipinski definition) is 2. The first-order valence-corrected chi connectivity index (χ1v) is 5.76. The molecule has 0 aromatic rings. The summed E-state index contributed by atoms with van der Waals surface area (Å²) < 4.78 is 10.6. The normalized spacial score (nSPS) is 11.8. The zero-order valence-electron chi connectivity index (χ0n) is 8.13. The highest BCUT2D eigenvalue weighted by Gasteiger charge is 2.20. The van der Waals surface area contributed by atoms with E-state index >= 15 is 0 Å². The summed E-state index contributed by atoms with van der Waals surface area (Å²) in [5.41, 5.74) is 0. The van der Waals surface area contributed by atoms with E-state index in [1.165, 1.54) is 13.8 Å². The van der Waals surface area contributed by atoms with Crippen molar-refractivity contribution < 1.29 is 23.9 Å². The van der Waals surface area contributed by atoms with Gasteiger partial charge in [0.25, 0.3) is 0 Å². The van der Waals surface area contributed by atoms with E-state index < -0.39 is 13.9 Å². The van der Waals surface area contributed by atoms with Crippen LogP contribution in [0, 0.1) is 0 Å². The molecule has 0 rings (SSSR count). The van der Waals surface area contributed by atoms with Gasteiger partial charge in [0.2, 0.25) is 0 Å². The second kappa shape index (κ2) is 5.36. The minimum Gasteiger partial charge on any atom is -0.324 e. The van der Waals surface area contributed by atoms with Crippen molar-refractivity contribution in [2.75, 3.05) is 19.4 Å². The van der Waals surface area contributed by atoms with Crippen LogP contribution < -0.4 is 0 Å². The van der Waals surface area contributed by atoms with E-state index in [0.29, 0.717) is 0 Å². The Morgan fingerprint density at radius 1 is 1.14 bits per heavy atom. The summed E-state index contributed by atoms with van der Waals surface area (Å²) in [6.45, 7) is 2.36. The molecule has 0 saturated carbocycles. The minimum absolute atomic E-state index is 0.120. The summed E-state index contributed by atoms with van der Waals surface area (Å²) in [6, 6.07) is 0. The molecule has 0 amide bonds. The van der Waals surface area contributed by atoms with Crippen LogP contribution in [0.5, 0.6) is 0 Å². The van der Waals surface area contributed by atoms with Crippen LogP contribution >= 0.6 is 7.60 Å². The number of ketones is 2. The average molecular weight is 223 g/mol. The third kappa shape index (κ3) is 8.07. The molecule has 0 unspecified atom stereocenters. The zero-order chi connectivity index (χ0) is 11.4. The van der Waals surface area contributed by atoms with E-state index in [0.717, 1.165) is 4.90 Å². The molecule has 0 aromatic heterocycles. The smallest absolute Gasteiger partial charge is 0.324 e. The van der Waals surface area contributed by atoms with Crippen LogP contribution in [0.1, 0.15) is 13.8 Å². The highest BCUT2D eigenvalue weighted by Crippen LogP contribution is 2.34. The van der Waals surface area contributed by atoms with Crippen LogP contribution in [0.4, 0.5) is 0 Å². The molecule has 2 N–H and O–H groups in total. The largest absolute Gasteiger partial charge is 0.339 e. The Labute approximate surface area is 82.1 Å². The lowest BCUT2D eigenvalue weighted by Crippen LogP contribution is -2.33. The standard InChI is InChI=1S/C7H14NO5P/c1-6(9)3-8(4-7(2)10)5-14(11,12)13/h3-5H2,1-2H3,(H2,11,12,13). The van der Waals surface area contributed by atoms with Gasteiger partial charge in [-0.3, -0.25) is 19.1 Å². The lowest BCUT2D eigenvalue weighted by molar-refractivity contribution is -0.120. The lowest BCUT2D eigenvalue weighted by Gasteiger charge is -2.19. The molecule has 0 aliphatic carbocycles. The maximum Gasteiger partial charge on any atom is 0.339 e. The molecule has 7 heteroatoms. The van der Waals surface area contributed by atoms with E-state index in [2.05, 4.69) is 0 Å². The first kappa shape index (κ1) is 13.4. The molecule has 0 aliphatic heterocycles. The Hall–Kier alpha value is -0.550.